The zero-order valence-corrected chi connectivity index (χ0v) is 18.0. The number of fused-ring (bicyclic) bond motifs is 1. The van der Waals surface area contributed by atoms with Crippen LogP contribution >= 0.6 is 11.6 Å². The zero-order chi connectivity index (χ0) is 22.2. The Balaban J connectivity index is 1.79. The highest BCUT2D eigenvalue weighted by molar-refractivity contribution is 7.89. The topological polar surface area (TPSA) is 102 Å². The third-order valence-corrected chi connectivity index (χ3v) is 6.10. The molecule has 0 atom stereocenters. The van der Waals surface area contributed by atoms with Crippen molar-refractivity contribution in [2.24, 2.45) is 5.14 Å². The third-order valence-electron chi connectivity index (χ3n) is 4.92. The van der Waals surface area contributed by atoms with E-state index in [1.807, 2.05) is 43.3 Å². The second-order valence-electron chi connectivity index (χ2n) is 7.01. The van der Waals surface area contributed by atoms with Gasteiger partial charge in [-0.15, -0.1) is 0 Å². The fourth-order valence-electron chi connectivity index (χ4n) is 3.41. The molecule has 1 heterocycles. The van der Waals surface area contributed by atoms with E-state index in [0.717, 1.165) is 16.5 Å². The number of carbonyl (C=O) groups excluding carboxylic acids is 1. The number of hydrogen-bond donors (Lipinski definition) is 2. The fourth-order valence-corrected chi connectivity index (χ4v) is 4.05. The summed E-state index contributed by atoms with van der Waals surface area (Å²) in [4.78, 5) is 18.0. The van der Waals surface area contributed by atoms with E-state index in [-0.39, 0.29) is 10.8 Å². The van der Waals surface area contributed by atoms with Crippen molar-refractivity contribution < 1.29 is 13.2 Å². The lowest BCUT2D eigenvalue weighted by atomic mass is 9.97. The van der Waals surface area contributed by atoms with Crippen molar-refractivity contribution in [2.75, 3.05) is 5.32 Å². The number of halogens is 1. The monoisotopic (exact) mass is 451 g/mol. The van der Waals surface area contributed by atoms with Crippen molar-refractivity contribution in [2.45, 2.75) is 11.8 Å². The number of nitrogens with two attached hydrogens (primary N) is 1. The SMILES string of the molecule is Cc1c(-c2ccc(Cl)cc2)nc2ccccc2c1C(=O)Nc1ccc(S(N)(=O)=O)cc1. The van der Waals surface area contributed by atoms with Crippen molar-refractivity contribution >= 4 is 44.1 Å². The summed E-state index contributed by atoms with van der Waals surface area (Å²) >= 11 is 6.02. The standard InChI is InChI=1S/C23H18ClN3O3S/c1-14-21(23(28)26-17-10-12-18(13-11-17)31(25,29)30)19-4-2-3-5-20(19)27-22(14)15-6-8-16(24)9-7-15/h2-13H,1H3,(H,26,28)(H2,25,29,30). The minimum absolute atomic E-state index is 0.0268. The quantitative estimate of drug-likeness (QED) is 0.466. The first-order valence-corrected chi connectivity index (χ1v) is 11.3. The van der Waals surface area contributed by atoms with Gasteiger partial charge >= 0.3 is 0 Å². The maximum atomic E-state index is 13.3. The molecule has 0 aliphatic heterocycles. The van der Waals surface area contributed by atoms with Crippen LogP contribution < -0.4 is 10.5 Å². The van der Waals surface area contributed by atoms with Crippen LogP contribution in [0, 0.1) is 6.92 Å². The number of sulfonamides is 1. The molecule has 1 aromatic heterocycles. The van der Waals surface area contributed by atoms with Crippen LogP contribution in [0.2, 0.25) is 5.02 Å². The molecule has 4 rings (SSSR count). The van der Waals surface area contributed by atoms with Gasteiger partial charge in [-0.05, 0) is 55.0 Å². The van der Waals surface area contributed by atoms with Gasteiger partial charge in [0.25, 0.3) is 5.91 Å². The van der Waals surface area contributed by atoms with Crippen LogP contribution in [-0.4, -0.2) is 19.3 Å². The Hall–Kier alpha value is -3.26. The number of pyridine rings is 1. The smallest absolute Gasteiger partial charge is 0.256 e. The molecule has 1 amide bonds. The molecular formula is C23H18ClN3O3S. The van der Waals surface area contributed by atoms with Crippen LogP contribution in [-0.2, 0) is 10.0 Å². The number of anilines is 1. The first-order valence-electron chi connectivity index (χ1n) is 9.33. The Bertz CT molecular complexity index is 1400. The molecule has 0 spiro atoms. The summed E-state index contributed by atoms with van der Waals surface area (Å²) in [6.07, 6.45) is 0. The highest BCUT2D eigenvalue weighted by Gasteiger charge is 2.19. The van der Waals surface area contributed by atoms with Gasteiger partial charge in [0.2, 0.25) is 10.0 Å². The van der Waals surface area contributed by atoms with Crippen LogP contribution in [0.1, 0.15) is 15.9 Å². The Labute approximate surface area is 184 Å². The van der Waals surface area contributed by atoms with E-state index in [2.05, 4.69) is 5.32 Å². The second-order valence-corrected chi connectivity index (χ2v) is 9.01. The summed E-state index contributed by atoms with van der Waals surface area (Å²) in [6, 6.07) is 20.4. The predicted octanol–water partition coefficient (Wildman–Crippen LogP) is 4.76. The normalized spacial score (nSPS) is 11.5. The molecule has 31 heavy (non-hydrogen) atoms. The van der Waals surface area contributed by atoms with Crippen LogP contribution in [0.3, 0.4) is 0 Å². The molecule has 3 aromatic carbocycles. The summed E-state index contributed by atoms with van der Waals surface area (Å²) in [7, 11) is -3.81. The molecule has 0 aliphatic rings. The summed E-state index contributed by atoms with van der Waals surface area (Å²) in [6.45, 7) is 1.85. The van der Waals surface area contributed by atoms with Gasteiger partial charge in [-0.25, -0.2) is 18.5 Å². The first kappa shape index (κ1) is 21.0. The molecule has 8 heteroatoms. The Kier molecular flexibility index (Phi) is 5.49. The Morgan fingerprint density at radius 2 is 1.61 bits per heavy atom. The van der Waals surface area contributed by atoms with Crippen molar-refractivity contribution in [3.63, 3.8) is 0 Å². The molecule has 3 N–H and O–H groups in total. The first-order chi connectivity index (χ1) is 14.7. The summed E-state index contributed by atoms with van der Waals surface area (Å²) in [5, 5.41) is 9.30. The van der Waals surface area contributed by atoms with Crippen molar-refractivity contribution in [1.82, 2.24) is 4.98 Å². The lowest BCUT2D eigenvalue weighted by Gasteiger charge is -2.15. The number of benzene rings is 3. The van der Waals surface area contributed by atoms with Crippen molar-refractivity contribution in [3.05, 3.63) is 88.9 Å². The number of amides is 1. The zero-order valence-electron chi connectivity index (χ0n) is 16.5. The highest BCUT2D eigenvalue weighted by Crippen LogP contribution is 2.31. The van der Waals surface area contributed by atoms with Gasteiger partial charge in [0.1, 0.15) is 0 Å². The largest absolute Gasteiger partial charge is 0.322 e. The van der Waals surface area contributed by atoms with E-state index in [0.29, 0.717) is 27.5 Å². The van der Waals surface area contributed by atoms with Crippen molar-refractivity contribution in [1.29, 1.82) is 0 Å². The Morgan fingerprint density at radius 1 is 0.968 bits per heavy atom. The molecule has 156 valence electrons. The number of para-hydroxylation sites is 1. The number of nitrogens with one attached hydrogen (secondary N) is 1. The maximum Gasteiger partial charge on any atom is 0.256 e. The summed E-state index contributed by atoms with van der Waals surface area (Å²) in [5.74, 6) is -0.324. The number of primary sulfonamides is 1. The van der Waals surface area contributed by atoms with Crippen LogP contribution in [0.5, 0.6) is 0 Å². The van der Waals surface area contributed by atoms with E-state index in [4.69, 9.17) is 21.7 Å². The van der Waals surface area contributed by atoms with Gasteiger partial charge < -0.3 is 5.32 Å². The minimum atomic E-state index is -3.81. The average molecular weight is 452 g/mol. The maximum absolute atomic E-state index is 13.3. The molecule has 6 nitrogen and oxygen atoms in total. The molecule has 0 saturated carbocycles. The van der Waals surface area contributed by atoms with E-state index in [1.165, 1.54) is 24.3 Å². The third kappa shape index (κ3) is 4.29. The average Bonchev–Trinajstić information content (AvgIpc) is 2.73. The van der Waals surface area contributed by atoms with E-state index >= 15 is 0 Å². The lowest BCUT2D eigenvalue weighted by molar-refractivity contribution is 0.102. The molecule has 0 fully saturated rings. The molecule has 0 unspecified atom stereocenters. The van der Waals surface area contributed by atoms with E-state index < -0.39 is 10.0 Å². The molecule has 0 radical (unpaired) electrons. The van der Waals surface area contributed by atoms with Gasteiger partial charge in [0, 0.05) is 21.7 Å². The summed E-state index contributed by atoms with van der Waals surface area (Å²) < 4.78 is 22.9. The number of aromatic nitrogens is 1. The number of hydrogen-bond acceptors (Lipinski definition) is 4. The van der Waals surface area contributed by atoms with E-state index in [9.17, 15) is 13.2 Å². The molecule has 0 bridgehead atoms. The molecule has 0 aliphatic carbocycles. The lowest BCUT2D eigenvalue weighted by Crippen LogP contribution is -2.16. The Morgan fingerprint density at radius 3 is 2.26 bits per heavy atom. The fraction of sp³-hybridized carbons (Fsp3) is 0.0435. The molecular weight excluding hydrogens is 434 g/mol. The summed E-state index contributed by atoms with van der Waals surface area (Å²) in [5.41, 5.74) is 3.88. The predicted molar refractivity (Wildman–Crippen MR) is 123 cm³/mol. The van der Waals surface area contributed by atoms with Gasteiger partial charge in [-0.1, -0.05) is 41.9 Å². The van der Waals surface area contributed by atoms with Gasteiger partial charge in [0.05, 0.1) is 21.7 Å². The molecule has 0 saturated heterocycles. The number of carbonyl (C=O) groups is 1. The van der Waals surface area contributed by atoms with Crippen molar-refractivity contribution in [3.8, 4) is 11.3 Å². The van der Waals surface area contributed by atoms with Crippen LogP contribution in [0.25, 0.3) is 22.2 Å². The van der Waals surface area contributed by atoms with Crippen LogP contribution in [0.4, 0.5) is 5.69 Å². The van der Waals surface area contributed by atoms with Gasteiger partial charge in [0.15, 0.2) is 0 Å². The minimum Gasteiger partial charge on any atom is -0.322 e. The van der Waals surface area contributed by atoms with E-state index in [1.54, 1.807) is 12.1 Å². The molecule has 4 aromatic rings. The number of rotatable bonds is 4. The van der Waals surface area contributed by atoms with Gasteiger partial charge in [-0.2, -0.15) is 0 Å². The van der Waals surface area contributed by atoms with Crippen LogP contribution in [0.15, 0.2) is 77.7 Å². The number of nitrogens with zero attached hydrogens (tertiary/aromatic N) is 1. The van der Waals surface area contributed by atoms with Gasteiger partial charge in [-0.3, -0.25) is 4.79 Å². The highest BCUT2D eigenvalue weighted by atomic mass is 35.5. The second kappa shape index (κ2) is 8.11.